The fourth-order valence-electron chi connectivity index (χ4n) is 3.52. The summed E-state index contributed by atoms with van der Waals surface area (Å²) >= 11 is 0. The van der Waals surface area contributed by atoms with E-state index in [-0.39, 0.29) is 11.5 Å². The Morgan fingerprint density at radius 1 is 0.889 bits per heavy atom. The van der Waals surface area contributed by atoms with Crippen molar-refractivity contribution in [1.29, 1.82) is 0 Å². The normalized spacial score (nSPS) is 15.3. The first-order chi connectivity index (χ1) is 13.1. The van der Waals surface area contributed by atoms with Gasteiger partial charge >= 0.3 is 5.97 Å². The standard InChI is InChI=1S/C22H26N2O3/c25-21(19-10-4-11-20(17-19)22(26)27)24-14-6-13-23(15-16-24)12-5-9-18-7-2-1-3-8-18/h1-4,7-8,10-11,17H,5-6,9,12-16H2,(H,26,27). The van der Waals surface area contributed by atoms with Crippen molar-refractivity contribution >= 4 is 11.9 Å². The van der Waals surface area contributed by atoms with E-state index in [2.05, 4.69) is 29.2 Å². The summed E-state index contributed by atoms with van der Waals surface area (Å²) in [6.45, 7) is 4.28. The molecule has 5 heteroatoms. The van der Waals surface area contributed by atoms with Gasteiger partial charge in [0.1, 0.15) is 0 Å². The Morgan fingerprint density at radius 3 is 2.44 bits per heavy atom. The zero-order valence-electron chi connectivity index (χ0n) is 15.5. The Balaban J connectivity index is 1.51. The van der Waals surface area contributed by atoms with Crippen molar-refractivity contribution in [3.63, 3.8) is 0 Å². The second-order valence-corrected chi connectivity index (χ2v) is 6.96. The quantitative estimate of drug-likeness (QED) is 0.853. The molecule has 0 aromatic heterocycles. The molecule has 27 heavy (non-hydrogen) atoms. The molecular formula is C22H26N2O3. The highest BCUT2D eigenvalue weighted by Crippen LogP contribution is 2.12. The molecule has 1 aliphatic heterocycles. The van der Waals surface area contributed by atoms with Gasteiger partial charge in [-0.1, -0.05) is 36.4 Å². The molecule has 1 N–H and O–H groups in total. The maximum Gasteiger partial charge on any atom is 0.335 e. The molecular weight excluding hydrogens is 340 g/mol. The van der Waals surface area contributed by atoms with Crippen LogP contribution in [0.25, 0.3) is 0 Å². The summed E-state index contributed by atoms with van der Waals surface area (Å²) in [4.78, 5) is 28.1. The van der Waals surface area contributed by atoms with Gasteiger partial charge in [0.25, 0.3) is 5.91 Å². The number of amides is 1. The van der Waals surface area contributed by atoms with E-state index in [9.17, 15) is 9.59 Å². The van der Waals surface area contributed by atoms with Crippen LogP contribution in [0.2, 0.25) is 0 Å². The lowest BCUT2D eigenvalue weighted by Gasteiger charge is -2.22. The number of nitrogens with zero attached hydrogens (tertiary/aromatic N) is 2. The van der Waals surface area contributed by atoms with Gasteiger partial charge in [-0.05, 0) is 56.1 Å². The van der Waals surface area contributed by atoms with E-state index in [1.54, 1.807) is 12.1 Å². The molecule has 2 aromatic rings. The summed E-state index contributed by atoms with van der Waals surface area (Å²) in [5, 5.41) is 9.11. The SMILES string of the molecule is O=C(O)c1cccc(C(=O)N2CCCN(CCCc3ccccc3)CC2)c1. The van der Waals surface area contributed by atoms with Gasteiger partial charge < -0.3 is 14.9 Å². The van der Waals surface area contributed by atoms with Crippen LogP contribution in [0, 0.1) is 0 Å². The van der Waals surface area contributed by atoms with Crippen LogP contribution in [-0.2, 0) is 6.42 Å². The third-order valence-corrected chi connectivity index (χ3v) is 5.01. The van der Waals surface area contributed by atoms with E-state index >= 15 is 0 Å². The van der Waals surface area contributed by atoms with Crippen molar-refractivity contribution in [2.45, 2.75) is 19.3 Å². The van der Waals surface area contributed by atoms with Gasteiger partial charge in [0.15, 0.2) is 0 Å². The highest BCUT2D eigenvalue weighted by atomic mass is 16.4. The predicted octanol–water partition coefficient (Wildman–Crippen LogP) is 3.17. The third kappa shape index (κ3) is 5.41. The number of hydrogen-bond donors (Lipinski definition) is 1. The maximum atomic E-state index is 12.7. The van der Waals surface area contributed by atoms with Crippen LogP contribution < -0.4 is 0 Å². The number of aryl methyl sites for hydroxylation is 1. The molecule has 1 saturated heterocycles. The smallest absolute Gasteiger partial charge is 0.335 e. The molecule has 0 atom stereocenters. The Hall–Kier alpha value is -2.66. The average Bonchev–Trinajstić information content (AvgIpc) is 2.94. The first-order valence-corrected chi connectivity index (χ1v) is 9.52. The summed E-state index contributed by atoms with van der Waals surface area (Å²) in [5.41, 5.74) is 1.97. The summed E-state index contributed by atoms with van der Waals surface area (Å²) in [6.07, 6.45) is 3.12. The lowest BCUT2D eigenvalue weighted by atomic mass is 10.1. The van der Waals surface area contributed by atoms with E-state index in [0.29, 0.717) is 18.7 Å². The van der Waals surface area contributed by atoms with Crippen LogP contribution >= 0.6 is 0 Å². The fourth-order valence-corrected chi connectivity index (χ4v) is 3.52. The summed E-state index contributed by atoms with van der Waals surface area (Å²) < 4.78 is 0. The second-order valence-electron chi connectivity index (χ2n) is 6.96. The van der Waals surface area contributed by atoms with E-state index in [0.717, 1.165) is 38.9 Å². The lowest BCUT2D eigenvalue weighted by molar-refractivity contribution is 0.0697. The average molecular weight is 366 g/mol. The van der Waals surface area contributed by atoms with Crippen LogP contribution in [0.5, 0.6) is 0 Å². The van der Waals surface area contributed by atoms with E-state index in [1.165, 1.54) is 17.7 Å². The van der Waals surface area contributed by atoms with Crippen molar-refractivity contribution < 1.29 is 14.7 Å². The maximum absolute atomic E-state index is 12.7. The molecule has 0 aliphatic carbocycles. The van der Waals surface area contributed by atoms with Crippen LogP contribution in [0.1, 0.15) is 39.1 Å². The Morgan fingerprint density at radius 2 is 1.67 bits per heavy atom. The molecule has 0 bridgehead atoms. The molecule has 1 heterocycles. The highest BCUT2D eigenvalue weighted by Gasteiger charge is 2.20. The molecule has 1 amide bonds. The Kier molecular flexibility index (Phi) is 6.60. The molecule has 142 valence electrons. The number of carbonyl (C=O) groups excluding carboxylic acids is 1. The van der Waals surface area contributed by atoms with E-state index in [1.807, 2.05) is 11.0 Å². The van der Waals surface area contributed by atoms with Crippen molar-refractivity contribution in [1.82, 2.24) is 9.80 Å². The van der Waals surface area contributed by atoms with Crippen molar-refractivity contribution in [2.24, 2.45) is 0 Å². The number of carbonyl (C=O) groups is 2. The van der Waals surface area contributed by atoms with Gasteiger partial charge in [0.2, 0.25) is 0 Å². The highest BCUT2D eigenvalue weighted by molar-refractivity contribution is 5.97. The zero-order valence-corrected chi connectivity index (χ0v) is 15.5. The zero-order chi connectivity index (χ0) is 19.1. The number of benzene rings is 2. The molecule has 0 unspecified atom stereocenters. The molecule has 0 spiro atoms. The Bertz CT molecular complexity index is 776. The van der Waals surface area contributed by atoms with Gasteiger partial charge in [-0.2, -0.15) is 0 Å². The molecule has 0 saturated carbocycles. The van der Waals surface area contributed by atoms with Crippen molar-refractivity contribution in [2.75, 3.05) is 32.7 Å². The summed E-state index contributed by atoms with van der Waals surface area (Å²) in [5.74, 6) is -1.09. The van der Waals surface area contributed by atoms with E-state index < -0.39 is 5.97 Å². The van der Waals surface area contributed by atoms with Gasteiger partial charge in [0.05, 0.1) is 5.56 Å². The molecule has 1 fully saturated rings. The largest absolute Gasteiger partial charge is 0.478 e. The minimum absolute atomic E-state index is 0.0794. The van der Waals surface area contributed by atoms with Gasteiger partial charge in [-0.15, -0.1) is 0 Å². The van der Waals surface area contributed by atoms with E-state index in [4.69, 9.17) is 5.11 Å². The van der Waals surface area contributed by atoms with Gasteiger partial charge in [-0.25, -0.2) is 4.79 Å². The number of rotatable bonds is 6. The lowest BCUT2D eigenvalue weighted by Crippen LogP contribution is -2.35. The van der Waals surface area contributed by atoms with Crippen LogP contribution in [0.4, 0.5) is 0 Å². The predicted molar refractivity (Wildman–Crippen MR) is 105 cm³/mol. The molecule has 2 aromatic carbocycles. The van der Waals surface area contributed by atoms with Crippen LogP contribution in [0.3, 0.4) is 0 Å². The molecule has 1 aliphatic rings. The van der Waals surface area contributed by atoms with Crippen molar-refractivity contribution in [3.8, 4) is 0 Å². The second kappa shape index (κ2) is 9.33. The first-order valence-electron chi connectivity index (χ1n) is 9.52. The Labute approximate surface area is 160 Å². The molecule has 5 nitrogen and oxygen atoms in total. The number of aromatic carboxylic acids is 1. The summed E-state index contributed by atoms with van der Waals surface area (Å²) in [6, 6.07) is 16.8. The number of hydrogen-bond acceptors (Lipinski definition) is 3. The van der Waals surface area contributed by atoms with Crippen LogP contribution in [-0.4, -0.2) is 59.5 Å². The third-order valence-electron chi connectivity index (χ3n) is 5.01. The minimum Gasteiger partial charge on any atom is -0.478 e. The van der Waals surface area contributed by atoms with Crippen LogP contribution in [0.15, 0.2) is 54.6 Å². The number of carboxylic acid groups (broad SMARTS) is 1. The molecule has 3 rings (SSSR count). The summed E-state index contributed by atoms with van der Waals surface area (Å²) in [7, 11) is 0. The topological polar surface area (TPSA) is 60.9 Å². The first kappa shape index (κ1) is 19.1. The number of carboxylic acids is 1. The van der Waals surface area contributed by atoms with Crippen molar-refractivity contribution in [3.05, 3.63) is 71.3 Å². The van der Waals surface area contributed by atoms with Gasteiger partial charge in [-0.3, -0.25) is 4.79 Å². The van der Waals surface area contributed by atoms with Gasteiger partial charge in [0, 0.05) is 25.2 Å². The molecule has 0 radical (unpaired) electrons. The minimum atomic E-state index is -1.01. The fraction of sp³-hybridized carbons (Fsp3) is 0.364. The monoisotopic (exact) mass is 366 g/mol.